The van der Waals surface area contributed by atoms with E-state index in [9.17, 15) is 5.48 Å². The highest BCUT2D eigenvalue weighted by Gasteiger charge is 2.18. The quantitative estimate of drug-likeness (QED) is 0.189. The zero-order valence-electron chi connectivity index (χ0n) is 28.4. The van der Waals surface area contributed by atoms with Crippen LogP contribution in [-0.2, 0) is 0 Å². The van der Waals surface area contributed by atoms with Crippen LogP contribution in [0.1, 0.15) is 5.48 Å². The molecule has 0 atom stereocenters. The van der Waals surface area contributed by atoms with E-state index in [1.165, 1.54) is 0 Å². The molecule has 0 aromatic heterocycles. The SMILES string of the molecule is [2H]c1c([2H])c(N(c2ccc3ccccc3c2)c2cc3ccccc3c3ccccc23)c([2H])c([2H])c1-c1ccc2c(ccc3ccccc32)c1. The molecule has 9 rings (SSSR count). The Morgan fingerprint density at radius 3 is 1.69 bits per heavy atom. The Kier molecular flexibility index (Phi) is 5.00. The zero-order chi connectivity index (χ0) is 33.2. The molecule has 1 nitrogen and oxygen atoms in total. The Morgan fingerprint density at radius 1 is 0.333 bits per heavy atom. The number of benzene rings is 9. The summed E-state index contributed by atoms with van der Waals surface area (Å²) in [6.45, 7) is 0. The van der Waals surface area contributed by atoms with E-state index in [0.717, 1.165) is 65.2 Å². The van der Waals surface area contributed by atoms with Crippen molar-refractivity contribution in [1.29, 1.82) is 0 Å². The standard InChI is InChI=1S/C44H29N/c1-2-11-33-28-38(25-21-30(33)9-1)45(44-29-35-12-4-6-14-40(35)42-15-7-8-16-43(42)44)37-23-19-31(20-24-37)34-22-26-41-36(27-34)18-17-32-10-3-5-13-39(32)41/h1-29H/i19D,20D,23D,24D. The van der Waals surface area contributed by atoms with Gasteiger partial charge >= 0.3 is 0 Å². The average molecular weight is 576 g/mol. The molecule has 1 heteroatoms. The summed E-state index contributed by atoms with van der Waals surface area (Å²) in [4.78, 5) is 1.91. The third-order valence-electron chi connectivity index (χ3n) is 8.85. The molecule has 0 saturated carbocycles. The Hall–Kier alpha value is -5.92. The first kappa shape index (κ1) is 21.7. The van der Waals surface area contributed by atoms with Crippen LogP contribution < -0.4 is 4.90 Å². The lowest BCUT2D eigenvalue weighted by Crippen LogP contribution is -2.10. The molecule has 0 N–H and O–H groups in total. The predicted octanol–water partition coefficient (Wildman–Crippen LogP) is 12.6. The zero-order valence-corrected chi connectivity index (χ0v) is 24.4. The van der Waals surface area contributed by atoms with Crippen LogP contribution in [0.25, 0.3) is 65.0 Å². The van der Waals surface area contributed by atoms with E-state index in [1.54, 1.807) is 0 Å². The normalized spacial score (nSPS) is 12.8. The fourth-order valence-corrected chi connectivity index (χ4v) is 6.65. The molecular formula is C44H29N. The van der Waals surface area contributed by atoms with Crippen LogP contribution in [0.15, 0.2) is 176 Å². The smallest absolute Gasteiger partial charge is 0.0645 e. The van der Waals surface area contributed by atoms with Gasteiger partial charge in [0.1, 0.15) is 0 Å². The Morgan fingerprint density at radius 2 is 0.889 bits per heavy atom. The predicted molar refractivity (Wildman–Crippen MR) is 194 cm³/mol. The third-order valence-corrected chi connectivity index (χ3v) is 8.85. The molecule has 0 fully saturated rings. The minimum Gasteiger partial charge on any atom is -0.310 e. The summed E-state index contributed by atoms with van der Waals surface area (Å²) in [5.74, 6) is 0. The molecule has 9 aromatic rings. The summed E-state index contributed by atoms with van der Waals surface area (Å²) in [5, 5.41) is 10.6. The lowest BCUT2D eigenvalue weighted by molar-refractivity contribution is 1.31. The van der Waals surface area contributed by atoms with Crippen molar-refractivity contribution in [2.24, 2.45) is 0 Å². The van der Waals surface area contributed by atoms with Crippen molar-refractivity contribution in [3.05, 3.63) is 176 Å². The first-order chi connectivity index (χ1) is 24.0. The molecule has 0 spiro atoms. The molecule has 210 valence electrons. The van der Waals surface area contributed by atoms with Gasteiger partial charge in [0.2, 0.25) is 0 Å². The van der Waals surface area contributed by atoms with E-state index in [4.69, 9.17) is 0 Å². The van der Waals surface area contributed by atoms with E-state index in [0.29, 0.717) is 5.56 Å². The second-order valence-corrected chi connectivity index (χ2v) is 11.5. The van der Waals surface area contributed by atoms with Crippen molar-refractivity contribution in [3.63, 3.8) is 0 Å². The van der Waals surface area contributed by atoms with Crippen LogP contribution in [0.3, 0.4) is 0 Å². The average Bonchev–Trinajstić information content (AvgIpc) is 3.15. The van der Waals surface area contributed by atoms with Gasteiger partial charge in [0.25, 0.3) is 0 Å². The summed E-state index contributed by atoms with van der Waals surface area (Å²) in [7, 11) is 0. The van der Waals surface area contributed by atoms with Gasteiger partial charge in [-0.05, 0) is 96.0 Å². The van der Waals surface area contributed by atoms with Crippen molar-refractivity contribution in [3.8, 4) is 11.1 Å². The first-order valence-corrected chi connectivity index (χ1v) is 15.2. The van der Waals surface area contributed by atoms with E-state index >= 15 is 0 Å². The van der Waals surface area contributed by atoms with Gasteiger partial charge in [-0.15, -0.1) is 0 Å². The Bertz CT molecular complexity index is 2760. The second-order valence-electron chi connectivity index (χ2n) is 11.5. The molecule has 0 aliphatic heterocycles. The van der Waals surface area contributed by atoms with Gasteiger partial charge in [0, 0.05) is 16.8 Å². The van der Waals surface area contributed by atoms with E-state index in [1.807, 2.05) is 83.8 Å². The minimum absolute atomic E-state index is 0.0768. The van der Waals surface area contributed by atoms with Crippen molar-refractivity contribution in [2.75, 3.05) is 4.90 Å². The number of nitrogens with zero attached hydrogens (tertiary/aromatic N) is 1. The van der Waals surface area contributed by atoms with Crippen LogP contribution in [0.2, 0.25) is 0 Å². The first-order valence-electron chi connectivity index (χ1n) is 17.2. The summed E-state index contributed by atoms with van der Waals surface area (Å²) in [5.41, 5.74) is 2.69. The molecule has 0 heterocycles. The highest BCUT2D eigenvalue weighted by Crippen LogP contribution is 2.43. The van der Waals surface area contributed by atoms with Crippen LogP contribution >= 0.6 is 0 Å². The van der Waals surface area contributed by atoms with Gasteiger partial charge < -0.3 is 4.90 Å². The van der Waals surface area contributed by atoms with Crippen molar-refractivity contribution in [2.45, 2.75) is 0 Å². The Labute approximate surface area is 267 Å². The maximum Gasteiger partial charge on any atom is 0.0645 e. The monoisotopic (exact) mass is 575 g/mol. The second kappa shape index (κ2) is 10.4. The van der Waals surface area contributed by atoms with Crippen LogP contribution in [-0.4, -0.2) is 0 Å². The molecule has 0 bridgehead atoms. The topological polar surface area (TPSA) is 3.24 Å². The molecule has 9 aromatic carbocycles. The van der Waals surface area contributed by atoms with Crippen LogP contribution in [0.4, 0.5) is 17.1 Å². The largest absolute Gasteiger partial charge is 0.310 e. The lowest BCUT2D eigenvalue weighted by Gasteiger charge is -2.28. The lowest BCUT2D eigenvalue weighted by atomic mass is 9.97. The minimum atomic E-state index is -0.0972. The van der Waals surface area contributed by atoms with Crippen LogP contribution in [0, 0.1) is 0 Å². The molecule has 0 amide bonds. The van der Waals surface area contributed by atoms with Gasteiger partial charge in [-0.2, -0.15) is 0 Å². The number of rotatable bonds is 4. The van der Waals surface area contributed by atoms with Gasteiger partial charge in [0.05, 0.1) is 11.2 Å². The number of fused-ring (bicyclic) bond motifs is 7. The van der Waals surface area contributed by atoms with Crippen molar-refractivity contribution >= 4 is 70.9 Å². The van der Waals surface area contributed by atoms with E-state index in [2.05, 4.69) is 72.8 Å². The highest BCUT2D eigenvalue weighted by molar-refractivity contribution is 6.15. The molecule has 0 aliphatic rings. The number of hydrogen-bond acceptors (Lipinski definition) is 1. The van der Waals surface area contributed by atoms with Gasteiger partial charge in [-0.1, -0.05) is 139 Å². The number of anilines is 3. The molecule has 45 heavy (non-hydrogen) atoms. The van der Waals surface area contributed by atoms with Crippen molar-refractivity contribution in [1.82, 2.24) is 0 Å². The van der Waals surface area contributed by atoms with Gasteiger partial charge in [-0.25, -0.2) is 0 Å². The van der Waals surface area contributed by atoms with Gasteiger partial charge in [0.15, 0.2) is 0 Å². The van der Waals surface area contributed by atoms with Crippen LogP contribution in [0.5, 0.6) is 0 Å². The maximum absolute atomic E-state index is 9.52. The van der Waals surface area contributed by atoms with E-state index in [-0.39, 0.29) is 35.4 Å². The molecule has 0 unspecified atom stereocenters. The fourth-order valence-electron chi connectivity index (χ4n) is 6.65. The molecule has 0 aliphatic carbocycles. The summed E-state index contributed by atoms with van der Waals surface area (Å²) < 4.78 is 37.8. The van der Waals surface area contributed by atoms with E-state index < -0.39 is 0 Å². The molecule has 0 saturated heterocycles. The summed E-state index contributed by atoms with van der Waals surface area (Å²) >= 11 is 0. The Balaban J connectivity index is 1.32. The molecular weight excluding hydrogens is 542 g/mol. The van der Waals surface area contributed by atoms with Gasteiger partial charge in [-0.3, -0.25) is 0 Å². The third kappa shape index (κ3) is 4.32. The highest BCUT2D eigenvalue weighted by atomic mass is 15.1. The van der Waals surface area contributed by atoms with Crippen molar-refractivity contribution < 1.29 is 5.48 Å². The maximum atomic E-state index is 9.52. The molecule has 0 radical (unpaired) electrons. The fraction of sp³-hybridized carbons (Fsp3) is 0. The summed E-state index contributed by atoms with van der Waals surface area (Å²) in [6, 6.07) is 50.7. The number of hydrogen-bond donors (Lipinski definition) is 0. The summed E-state index contributed by atoms with van der Waals surface area (Å²) in [6.07, 6.45) is 0.